The van der Waals surface area contributed by atoms with Gasteiger partial charge in [0.05, 0.1) is 10.9 Å². The molecule has 8 heteroatoms. The summed E-state index contributed by atoms with van der Waals surface area (Å²) >= 11 is 0. The summed E-state index contributed by atoms with van der Waals surface area (Å²) in [6.07, 6.45) is 0.818. The molecule has 0 spiro atoms. The van der Waals surface area contributed by atoms with Crippen molar-refractivity contribution in [2.45, 2.75) is 57.6 Å². The molecule has 0 aliphatic carbocycles. The molecular weight excluding hydrogens is 560 g/mol. The summed E-state index contributed by atoms with van der Waals surface area (Å²) in [5, 5.41) is 3.20. The highest BCUT2D eigenvalue weighted by atomic mass is 32.2. The van der Waals surface area contributed by atoms with Crippen molar-refractivity contribution in [3.63, 3.8) is 0 Å². The SMILES string of the molecule is Cc1ccccc1OCc1ccc(CCC(=O)NS(=O)(=O)c2ccccc2)c(C(=O)NC(CC(C)C)c2ccccc2)c1. The van der Waals surface area contributed by atoms with Crippen LogP contribution in [-0.2, 0) is 27.8 Å². The van der Waals surface area contributed by atoms with Gasteiger partial charge in [-0.3, -0.25) is 9.59 Å². The number of benzene rings is 4. The molecule has 4 aromatic carbocycles. The van der Waals surface area contributed by atoms with Crippen LogP contribution in [0, 0.1) is 12.8 Å². The van der Waals surface area contributed by atoms with Crippen molar-refractivity contribution in [2.75, 3.05) is 0 Å². The minimum absolute atomic E-state index is 0.0125. The van der Waals surface area contributed by atoms with E-state index >= 15 is 0 Å². The molecule has 0 bridgehead atoms. The maximum absolute atomic E-state index is 13.8. The van der Waals surface area contributed by atoms with Crippen molar-refractivity contribution in [1.82, 2.24) is 10.0 Å². The summed E-state index contributed by atoms with van der Waals surface area (Å²) in [6, 6.07) is 30.6. The van der Waals surface area contributed by atoms with Gasteiger partial charge in [-0.25, -0.2) is 13.1 Å². The van der Waals surface area contributed by atoms with E-state index < -0.39 is 15.9 Å². The Labute approximate surface area is 254 Å². The van der Waals surface area contributed by atoms with Gasteiger partial charge in [0.2, 0.25) is 5.91 Å². The Kier molecular flexibility index (Phi) is 10.7. The second-order valence-corrected chi connectivity index (χ2v) is 12.6. The lowest BCUT2D eigenvalue weighted by Crippen LogP contribution is -2.32. The summed E-state index contributed by atoms with van der Waals surface area (Å²) < 4.78 is 33.4. The summed E-state index contributed by atoms with van der Waals surface area (Å²) in [7, 11) is -3.99. The summed E-state index contributed by atoms with van der Waals surface area (Å²) in [5.41, 5.74) is 3.88. The Balaban J connectivity index is 1.56. The topological polar surface area (TPSA) is 102 Å². The number of ether oxygens (including phenoxy) is 1. The molecule has 0 aliphatic rings. The normalized spacial score (nSPS) is 12.0. The van der Waals surface area contributed by atoms with Gasteiger partial charge < -0.3 is 10.1 Å². The number of hydrogen-bond acceptors (Lipinski definition) is 5. The molecule has 0 aliphatic heterocycles. The van der Waals surface area contributed by atoms with Gasteiger partial charge in [0.25, 0.3) is 15.9 Å². The fourth-order valence-electron chi connectivity index (χ4n) is 4.80. The van der Waals surface area contributed by atoms with Crippen LogP contribution in [0.25, 0.3) is 0 Å². The van der Waals surface area contributed by atoms with Crippen LogP contribution in [0.4, 0.5) is 0 Å². The van der Waals surface area contributed by atoms with E-state index in [2.05, 4.69) is 23.9 Å². The molecule has 0 fully saturated rings. The standard InChI is InChI=1S/C35H38N2O5S/c1-25(2)22-32(29-13-6-4-7-14-29)36-35(39)31-23-27(24-42-33-17-11-10-12-26(33)3)18-19-28(31)20-21-34(38)37-43(40,41)30-15-8-5-9-16-30/h4-19,23,25,32H,20-22,24H2,1-3H3,(H,36,39)(H,37,38). The Morgan fingerprint density at radius 1 is 0.837 bits per heavy atom. The average Bonchev–Trinajstić information content (AvgIpc) is 3.00. The Hall–Kier alpha value is -4.43. The van der Waals surface area contributed by atoms with Crippen molar-refractivity contribution in [3.8, 4) is 5.75 Å². The van der Waals surface area contributed by atoms with Crippen molar-refractivity contribution in [1.29, 1.82) is 0 Å². The fourth-order valence-corrected chi connectivity index (χ4v) is 5.84. The maximum Gasteiger partial charge on any atom is 0.264 e. The largest absolute Gasteiger partial charge is 0.489 e. The van der Waals surface area contributed by atoms with E-state index in [9.17, 15) is 18.0 Å². The van der Waals surface area contributed by atoms with E-state index in [-0.39, 0.29) is 36.3 Å². The second kappa shape index (κ2) is 14.6. The van der Waals surface area contributed by atoms with Crippen LogP contribution < -0.4 is 14.8 Å². The third-order valence-electron chi connectivity index (χ3n) is 7.04. The third kappa shape index (κ3) is 9.03. The van der Waals surface area contributed by atoms with Crippen molar-refractivity contribution in [2.24, 2.45) is 5.92 Å². The molecule has 4 aromatic rings. The fraction of sp³-hybridized carbons (Fsp3) is 0.257. The van der Waals surface area contributed by atoms with Crippen molar-refractivity contribution < 1.29 is 22.7 Å². The van der Waals surface area contributed by atoms with Gasteiger partial charge in [0.15, 0.2) is 0 Å². The zero-order chi connectivity index (χ0) is 30.8. The number of hydrogen-bond donors (Lipinski definition) is 2. The molecule has 0 saturated heterocycles. The Bertz CT molecular complexity index is 1640. The van der Waals surface area contributed by atoms with E-state index in [1.165, 1.54) is 12.1 Å². The highest BCUT2D eigenvalue weighted by Crippen LogP contribution is 2.24. The second-order valence-electron chi connectivity index (χ2n) is 11.0. The van der Waals surface area contributed by atoms with E-state index in [0.29, 0.717) is 17.0 Å². The van der Waals surface area contributed by atoms with Gasteiger partial charge in [-0.05, 0) is 72.2 Å². The van der Waals surface area contributed by atoms with Crippen LogP contribution in [0.2, 0.25) is 0 Å². The molecule has 0 aromatic heterocycles. The van der Waals surface area contributed by atoms with E-state index in [1.807, 2.05) is 73.7 Å². The Morgan fingerprint density at radius 3 is 2.16 bits per heavy atom. The van der Waals surface area contributed by atoms with Crippen molar-refractivity contribution >= 4 is 21.8 Å². The molecule has 0 heterocycles. The quantitative estimate of drug-likeness (QED) is 0.182. The molecule has 0 radical (unpaired) electrons. The zero-order valence-corrected chi connectivity index (χ0v) is 25.6. The van der Waals surface area contributed by atoms with Crippen LogP contribution in [0.1, 0.15) is 65.3 Å². The van der Waals surface area contributed by atoms with Gasteiger partial charge in [-0.1, -0.05) is 92.7 Å². The highest BCUT2D eigenvalue weighted by molar-refractivity contribution is 7.90. The summed E-state index contributed by atoms with van der Waals surface area (Å²) in [5.74, 6) is 0.188. The first-order valence-corrected chi connectivity index (χ1v) is 15.9. The van der Waals surface area contributed by atoms with Crippen molar-refractivity contribution in [3.05, 3.63) is 131 Å². The molecule has 4 rings (SSSR count). The molecular formula is C35H38N2O5S. The predicted octanol–water partition coefficient (Wildman–Crippen LogP) is 6.53. The minimum Gasteiger partial charge on any atom is -0.489 e. The van der Waals surface area contributed by atoms with Gasteiger partial charge >= 0.3 is 0 Å². The van der Waals surface area contributed by atoms with Crippen LogP contribution >= 0.6 is 0 Å². The van der Waals surface area contributed by atoms with Crippen LogP contribution in [0.15, 0.2) is 108 Å². The molecule has 1 unspecified atom stereocenters. The minimum atomic E-state index is -3.99. The first kappa shape index (κ1) is 31.5. The number of carbonyl (C=O) groups excluding carboxylic acids is 2. The first-order chi connectivity index (χ1) is 20.6. The molecule has 224 valence electrons. The lowest BCUT2D eigenvalue weighted by molar-refractivity contribution is -0.119. The van der Waals surface area contributed by atoms with Gasteiger partial charge in [0, 0.05) is 12.0 Å². The monoisotopic (exact) mass is 598 g/mol. The number of carbonyl (C=O) groups is 2. The molecule has 1 atom stereocenters. The van der Waals surface area contributed by atoms with Gasteiger partial charge in [0.1, 0.15) is 12.4 Å². The van der Waals surface area contributed by atoms with Gasteiger partial charge in [-0.15, -0.1) is 0 Å². The van der Waals surface area contributed by atoms with Crippen LogP contribution in [0.3, 0.4) is 0 Å². The summed E-state index contributed by atoms with van der Waals surface area (Å²) in [4.78, 5) is 26.6. The first-order valence-electron chi connectivity index (χ1n) is 14.4. The van der Waals surface area contributed by atoms with Crippen LogP contribution in [0.5, 0.6) is 5.75 Å². The lowest BCUT2D eigenvalue weighted by Gasteiger charge is -2.22. The highest BCUT2D eigenvalue weighted by Gasteiger charge is 2.21. The maximum atomic E-state index is 13.8. The number of amides is 2. The molecule has 2 N–H and O–H groups in total. The Morgan fingerprint density at radius 2 is 1.49 bits per heavy atom. The predicted molar refractivity (Wildman–Crippen MR) is 168 cm³/mol. The van der Waals surface area contributed by atoms with Gasteiger partial charge in [-0.2, -0.15) is 0 Å². The molecule has 2 amide bonds. The number of rotatable bonds is 13. The average molecular weight is 599 g/mol. The van der Waals surface area contributed by atoms with E-state index in [0.717, 1.165) is 28.9 Å². The smallest absolute Gasteiger partial charge is 0.264 e. The summed E-state index contributed by atoms with van der Waals surface area (Å²) in [6.45, 7) is 6.45. The molecule has 43 heavy (non-hydrogen) atoms. The van der Waals surface area contributed by atoms with E-state index in [1.54, 1.807) is 24.3 Å². The number of sulfonamides is 1. The number of nitrogens with one attached hydrogen (secondary N) is 2. The molecule has 7 nitrogen and oxygen atoms in total. The zero-order valence-electron chi connectivity index (χ0n) is 24.7. The molecule has 0 saturated carbocycles. The number of para-hydroxylation sites is 1. The number of aryl methyl sites for hydroxylation is 2. The lowest BCUT2D eigenvalue weighted by atomic mass is 9.95. The third-order valence-corrected chi connectivity index (χ3v) is 8.43. The van der Waals surface area contributed by atoms with E-state index in [4.69, 9.17) is 4.74 Å². The van der Waals surface area contributed by atoms with Crippen LogP contribution in [-0.4, -0.2) is 20.2 Å².